The molecule has 94 valence electrons. The molecule has 1 rings (SSSR count). The van der Waals surface area contributed by atoms with Crippen LogP contribution in [0.5, 0.6) is 0 Å². The number of nitrogens with one attached hydrogen (secondary N) is 1. The molecular formula is C10H11Cl2NO3S. The highest BCUT2D eigenvalue weighted by molar-refractivity contribution is 7.12. The largest absolute Gasteiger partial charge is 0.465 e. The maximum absolute atomic E-state index is 11.6. The number of hydrogen-bond donors (Lipinski definition) is 1. The molecule has 0 aliphatic carbocycles. The Kier molecular flexibility index (Phi) is 4.41. The maximum atomic E-state index is 11.6. The average molecular weight is 296 g/mol. The van der Waals surface area contributed by atoms with Gasteiger partial charge in [0.25, 0.3) is 5.91 Å². The number of amides is 1. The summed E-state index contributed by atoms with van der Waals surface area (Å²) in [6.45, 7) is 3.11. The van der Waals surface area contributed by atoms with Gasteiger partial charge >= 0.3 is 5.97 Å². The Labute approximate surface area is 113 Å². The van der Waals surface area contributed by atoms with E-state index in [2.05, 4.69) is 10.1 Å². The molecule has 1 heterocycles. The van der Waals surface area contributed by atoms with Crippen molar-refractivity contribution in [3.05, 3.63) is 15.8 Å². The molecule has 0 bridgehead atoms. The smallest absolute Gasteiger partial charge is 0.350 e. The van der Waals surface area contributed by atoms with E-state index in [-0.39, 0.29) is 0 Å². The predicted octanol–water partition coefficient (Wildman–Crippen LogP) is 2.98. The van der Waals surface area contributed by atoms with E-state index >= 15 is 0 Å². The minimum absolute atomic E-state index is 0.316. The first-order valence-electron chi connectivity index (χ1n) is 4.63. The molecule has 0 saturated heterocycles. The van der Waals surface area contributed by atoms with Crippen molar-refractivity contribution < 1.29 is 14.3 Å². The van der Waals surface area contributed by atoms with Crippen LogP contribution in [-0.4, -0.2) is 23.3 Å². The zero-order valence-corrected chi connectivity index (χ0v) is 11.8. The maximum Gasteiger partial charge on any atom is 0.350 e. The number of carbonyl (C=O) groups is 2. The second kappa shape index (κ2) is 5.25. The number of thiophene rings is 1. The van der Waals surface area contributed by atoms with Crippen LogP contribution in [0.15, 0.2) is 5.38 Å². The first-order valence-corrected chi connectivity index (χ1v) is 6.26. The third-order valence-corrected chi connectivity index (χ3v) is 3.40. The van der Waals surface area contributed by atoms with Crippen molar-refractivity contribution in [1.29, 1.82) is 0 Å². The molecule has 17 heavy (non-hydrogen) atoms. The molecule has 0 spiro atoms. The molecule has 1 N–H and O–H groups in total. The Bertz CT molecular complexity index is 451. The monoisotopic (exact) mass is 295 g/mol. The molecule has 0 saturated carbocycles. The fourth-order valence-corrected chi connectivity index (χ4v) is 2.08. The second-order valence-electron chi connectivity index (χ2n) is 3.46. The molecule has 0 aliphatic heterocycles. The van der Waals surface area contributed by atoms with Gasteiger partial charge in [0.1, 0.15) is 4.88 Å². The Morgan fingerprint density at radius 3 is 2.53 bits per heavy atom. The number of rotatable bonds is 3. The molecule has 0 unspecified atom stereocenters. The van der Waals surface area contributed by atoms with Crippen LogP contribution >= 0.6 is 34.5 Å². The van der Waals surface area contributed by atoms with Crippen molar-refractivity contribution in [1.82, 2.24) is 0 Å². The van der Waals surface area contributed by atoms with Crippen molar-refractivity contribution in [3.63, 3.8) is 0 Å². The zero-order chi connectivity index (χ0) is 13.2. The Morgan fingerprint density at radius 1 is 1.47 bits per heavy atom. The van der Waals surface area contributed by atoms with E-state index in [1.807, 2.05) is 0 Å². The summed E-state index contributed by atoms with van der Waals surface area (Å²) in [5, 5.41) is 4.26. The molecule has 7 heteroatoms. The highest BCUT2D eigenvalue weighted by Crippen LogP contribution is 2.30. The minimum atomic E-state index is -1.55. The van der Waals surface area contributed by atoms with Crippen molar-refractivity contribution in [2.24, 2.45) is 0 Å². The number of esters is 1. The number of hydrogen-bond acceptors (Lipinski definition) is 4. The summed E-state index contributed by atoms with van der Waals surface area (Å²) in [5.74, 6) is -1.10. The first-order chi connectivity index (χ1) is 7.77. The Morgan fingerprint density at radius 2 is 2.06 bits per heavy atom. The van der Waals surface area contributed by atoms with Gasteiger partial charge in [-0.2, -0.15) is 0 Å². The molecule has 1 aromatic rings. The van der Waals surface area contributed by atoms with Gasteiger partial charge in [-0.3, -0.25) is 4.79 Å². The van der Waals surface area contributed by atoms with Crippen LogP contribution in [0.4, 0.5) is 5.69 Å². The van der Waals surface area contributed by atoms with Crippen molar-refractivity contribution >= 4 is 52.1 Å². The van der Waals surface area contributed by atoms with Crippen LogP contribution in [-0.2, 0) is 9.53 Å². The summed E-state index contributed by atoms with van der Waals surface area (Å²) in [6, 6.07) is 0. The van der Waals surface area contributed by atoms with E-state index < -0.39 is 16.2 Å². The highest BCUT2D eigenvalue weighted by Gasteiger charge is 2.29. The van der Waals surface area contributed by atoms with E-state index in [0.29, 0.717) is 10.6 Å². The molecule has 1 amide bonds. The van der Waals surface area contributed by atoms with Crippen molar-refractivity contribution in [3.8, 4) is 0 Å². The van der Waals surface area contributed by atoms with Gasteiger partial charge in [0.2, 0.25) is 0 Å². The van der Waals surface area contributed by atoms with Crippen LogP contribution in [0.2, 0.25) is 0 Å². The molecule has 0 aromatic carbocycles. The lowest BCUT2D eigenvalue weighted by molar-refractivity contribution is -0.116. The molecular weight excluding hydrogens is 285 g/mol. The van der Waals surface area contributed by atoms with E-state index in [0.717, 1.165) is 5.56 Å². The predicted molar refractivity (Wildman–Crippen MR) is 69.1 cm³/mol. The van der Waals surface area contributed by atoms with E-state index in [1.54, 1.807) is 12.3 Å². The third kappa shape index (κ3) is 3.34. The van der Waals surface area contributed by atoms with Crippen LogP contribution in [0.25, 0.3) is 0 Å². The van der Waals surface area contributed by atoms with Gasteiger partial charge in [0.15, 0.2) is 4.33 Å². The summed E-state index contributed by atoms with van der Waals surface area (Å²) in [6.07, 6.45) is 0. The van der Waals surface area contributed by atoms with Gasteiger partial charge < -0.3 is 10.1 Å². The highest BCUT2D eigenvalue weighted by atomic mass is 35.5. The molecule has 0 fully saturated rings. The summed E-state index contributed by atoms with van der Waals surface area (Å²) in [4.78, 5) is 23.4. The number of methoxy groups -OCH3 is 1. The van der Waals surface area contributed by atoms with E-state index in [1.165, 1.54) is 25.4 Å². The molecule has 0 radical (unpaired) electrons. The number of anilines is 1. The topological polar surface area (TPSA) is 55.4 Å². The summed E-state index contributed by atoms with van der Waals surface area (Å²) < 4.78 is 3.06. The lowest BCUT2D eigenvalue weighted by atomic mass is 10.2. The Hall–Kier alpha value is -0.780. The molecule has 1 aromatic heterocycles. The van der Waals surface area contributed by atoms with E-state index in [9.17, 15) is 9.59 Å². The standard InChI is InChI=1S/C10H11Cl2NO3S/c1-5-4-17-7(8(14)16-3)6(5)13-9(15)10(2,11)12/h4H,1-3H3,(H,13,15). The van der Waals surface area contributed by atoms with Crippen LogP contribution < -0.4 is 5.32 Å². The third-order valence-electron chi connectivity index (χ3n) is 1.98. The fourth-order valence-electron chi connectivity index (χ4n) is 1.07. The van der Waals surface area contributed by atoms with Crippen LogP contribution in [0.1, 0.15) is 22.2 Å². The molecule has 4 nitrogen and oxygen atoms in total. The van der Waals surface area contributed by atoms with Gasteiger partial charge in [0, 0.05) is 0 Å². The number of halogens is 2. The summed E-state index contributed by atoms with van der Waals surface area (Å²) in [7, 11) is 1.27. The lowest BCUT2D eigenvalue weighted by Crippen LogP contribution is -2.29. The number of alkyl halides is 2. The van der Waals surface area contributed by atoms with Crippen molar-refractivity contribution in [2.45, 2.75) is 18.2 Å². The number of aryl methyl sites for hydroxylation is 1. The normalized spacial score (nSPS) is 11.1. The molecule has 0 aliphatic rings. The number of ether oxygens (including phenoxy) is 1. The number of carbonyl (C=O) groups excluding carboxylic acids is 2. The van der Waals surface area contributed by atoms with Gasteiger partial charge in [0.05, 0.1) is 12.8 Å². The molecule has 0 atom stereocenters. The van der Waals surface area contributed by atoms with E-state index in [4.69, 9.17) is 23.2 Å². The average Bonchev–Trinajstić information content (AvgIpc) is 2.58. The van der Waals surface area contributed by atoms with Gasteiger partial charge in [-0.25, -0.2) is 4.79 Å². The second-order valence-corrected chi connectivity index (χ2v) is 6.04. The van der Waals surface area contributed by atoms with Crippen LogP contribution in [0.3, 0.4) is 0 Å². The lowest BCUT2D eigenvalue weighted by Gasteiger charge is -2.14. The Balaban J connectivity index is 3.02. The van der Waals surface area contributed by atoms with Gasteiger partial charge in [-0.05, 0) is 24.8 Å². The quantitative estimate of drug-likeness (QED) is 0.689. The summed E-state index contributed by atoms with van der Waals surface area (Å²) in [5.41, 5.74) is 1.14. The fraction of sp³-hybridized carbons (Fsp3) is 0.400. The van der Waals surface area contributed by atoms with Gasteiger partial charge in [-0.15, -0.1) is 11.3 Å². The minimum Gasteiger partial charge on any atom is -0.465 e. The first kappa shape index (κ1) is 14.3. The zero-order valence-electron chi connectivity index (χ0n) is 9.47. The van der Waals surface area contributed by atoms with Crippen molar-refractivity contribution in [2.75, 3.05) is 12.4 Å². The summed E-state index contributed by atoms with van der Waals surface area (Å²) >= 11 is 12.5. The SMILES string of the molecule is COC(=O)c1scc(C)c1NC(=O)C(C)(Cl)Cl. The van der Waals surface area contributed by atoms with Crippen LogP contribution in [0, 0.1) is 6.92 Å². The van der Waals surface area contributed by atoms with Gasteiger partial charge in [-0.1, -0.05) is 23.2 Å².